The van der Waals surface area contributed by atoms with Gasteiger partial charge in [-0.1, -0.05) is 6.07 Å². The van der Waals surface area contributed by atoms with Crippen LogP contribution in [-0.2, 0) is 11.3 Å². The third-order valence-electron chi connectivity index (χ3n) is 2.96. The van der Waals surface area contributed by atoms with E-state index in [9.17, 15) is 4.79 Å². The van der Waals surface area contributed by atoms with Crippen molar-refractivity contribution in [1.29, 1.82) is 0 Å². The van der Waals surface area contributed by atoms with E-state index in [4.69, 9.17) is 9.47 Å². The van der Waals surface area contributed by atoms with Crippen molar-refractivity contribution < 1.29 is 31.2 Å². The molecule has 1 aromatic heterocycles. The number of benzene rings is 1. The number of rotatable bonds is 6. The second kappa shape index (κ2) is 9.89. The Morgan fingerprint density at radius 1 is 1.25 bits per heavy atom. The summed E-state index contributed by atoms with van der Waals surface area (Å²) in [5.41, 5.74) is 3.25. The summed E-state index contributed by atoms with van der Waals surface area (Å²) in [7, 11) is 3.13. The first-order valence-corrected chi connectivity index (χ1v) is 7.61. The maximum atomic E-state index is 11.8. The van der Waals surface area contributed by atoms with E-state index in [1.165, 1.54) is 0 Å². The molecule has 0 spiro atoms. The number of carbonyl (C=O) groups is 1. The number of amides is 1. The van der Waals surface area contributed by atoms with Crippen LogP contribution in [0.5, 0.6) is 11.5 Å². The topological polar surface area (TPSA) is 63.8 Å². The first-order valence-electron chi connectivity index (χ1n) is 6.81. The van der Waals surface area contributed by atoms with Crippen molar-refractivity contribution >= 4 is 28.1 Å². The van der Waals surface area contributed by atoms with Crippen LogP contribution >= 0.6 is 15.9 Å². The molecule has 0 atom stereocenters. The molecule has 2 rings (SSSR count). The average Bonchev–Trinajstić information content (AvgIpc) is 2.55. The van der Waals surface area contributed by atoms with Gasteiger partial charge in [0, 0.05) is 12.1 Å². The molecule has 0 radical (unpaired) electrons. The molecule has 0 saturated heterocycles. The van der Waals surface area contributed by atoms with Gasteiger partial charge >= 0.3 is 5.91 Å². The molecule has 6 nitrogen and oxygen atoms in total. The normalized spacial score (nSPS) is 10.1. The van der Waals surface area contributed by atoms with Crippen LogP contribution in [0.3, 0.4) is 0 Å². The Kier molecular flexibility index (Phi) is 8.21. The number of carbonyl (C=O) groups excluding carboxylic acids is 1. The van der Waals surface area contributed by atoms with Crippen molar-refractivity contribution in [1.82, 2.24) is 5.43 Å². The van der Waals surface area contributed by atoms with Crippen LogP contribution in [0, 0.1) is 0 Å². The summed E-state index contributed by atoms with van der Waals surface area (Å²) in [6.07, 6.45) is 5.17. The van der Waals surface area contributed by atoms with Gasteiger partial charge in [0.15, 0.2) is 23.9 Å². The SMILES string of the molecule is COc1cc(/C=N\NC(=O)C[n+]2ccccc2)cc(Br)c1OC.[Cl-]. The van der Waals surface area contributed by atoms with E-state index < -0.39 is 0 Å². The summed E-state index contributed by atoms with van der Waals surface area (Å²) < 4.78 is 13.0. The number of ether oxygens (including phenoxy) is 2. The predicted octanol–water partition coefficient (Wildman–Crippen LogP) is -1.09. The van der Waals surface area contributed by atoms with Crippen molar-refractivity contribution in [2.24, 2.45) is 5.10 Å². The van der Waals surface area contributed by atoms with Gasteiger partial charge in [0.2, 0.25) is 6.54 Å². The Bertz CT molecular complexity index is 711. The maximum absolute atomic E-state index is 11.8. The molecular formula is C16H17BrClN3O3. The lowest BCUT2D eigenvalue weighted by Gasteiger charge is -2.10. The number of pyridine rings is 1. The molecule has 2 aromatic rings. The first-order chi connectivity index (χ1) is 11.1. The van der Waals surface area contributed by atoms with Crippen LogP contribution in [0.4, 0.5) is 0 Å². The van der Waals surface area contributed by atoms with Gasteiger partial charge in [0.05, 0.1) is 24.9 Å². The first kappa shape index (κ1) is 19.9. The Hall–Kier alpha value is -2.12. The summed E-state index contributed by atoms with van der Waals surface area (Å²) in [6.45, 7) is 0.202. The zero-order valence-electron chi connectivity index (χ0n) is 13.2. The van der Waals surface area contributed by atoms with Crippen LogP contribution in [0.25, 0.3) is 0 Å². The zero-order chi connectivity index (χ0) is 16.7. The van der Waals surface area contributed by atoms with Crippen molar-refractivity contribution in [3.63, 3.8) is 0 Å². The Labute approximate surface area is 155 Å². The van der Waals surface area contributed by atoms with Crippen LogP contribution < -0.4 is 31.9 Å². The van der Waals surface area contributed by atoms with E-state index >= 15 is 0 Å². The smallest absolute Gasteiger partial charge is 0.305 e. The van der Waals surface area contributed by atoms with Crippen LogP contribution in [0.15, 0.2) is 52.3 Å². The van der Waals surface area contributed by atoms with Gasteiger partial charge in [-0.3, -0.25) is 4.79 Å². The van der Waals surface area contributed by atoms with Gasteiger partial charge in [-0.15, -0.1) is 0 Å². The molecule has 24 heavy (non-hydrogen) atoms. The highest BCUT2D eigenvalue weighted by Gasteiger charge is 2.10. The van der Waals surface area contributed by atoms with Gasteiger partial charge in [0.25, 0.3) is 0 Å². The van der Waals surface area contributed by atoms with Crippen molar-refractivity contribution in [3.8, 4) is 11.5 Å². The molecule has 8 heteroatoms. The fraction of sp³-hybridized carbons (Fsp3) is 0.188. The standard InChI is InChI=1S/C16H16BrN3O3.ClH/c1-22-14-9-12(8-13(17)16(14)23-2)10-18-19-15(21)11-20-6-4-3-5-7-20;/h3-10H,11H2,1-2H3;1H/b18-10-;. The third-order valence-corrected chi connectivity index (χ3v) is 3.55. The second-order valence-corrected chi connectivity index (χ2v) is 5.43. The molecule has 0 aliphatic rings. The minimum atomic E-state index is -0.211. The molecular weight excluding hydrogens is 398 g/mol. The quantitative estimate of drug-likeness (QED) is 0.371. The number of hydrogen-bond acceptors (Lipinski definition) is 4. The maximum Gasteiger partial charge on any atom is 0.305 e. The number of halogens is 2. The lowest BCUT2D eigenvalue weighted by molar-refractivity contribution is -0.684. The molecule has 0 aliphatic carbocycles. The molecule has 0 aliphatic heterocycles. The number of nitrogens with one attached hydrogen (secondary N) is 1. The van der Waals surface area contributed by atoms with Crippen molar-refractivity contribution in [2.75, 3.05) is 14.2 Å². The van der Waals surface area contributed by atoms with Crippen LogP contribution in [0.1, 0.15) is 5.56 Å². The van der Waals surface area contributed by atoms with Gasteiger partial charge < -0.3 is 21.9 Å². The molecule has 1 aromatic carbocycles. The summed E-state index contributed by atoms with van der Waals surface area (Å²) in [5.74, 6) is 0.973. The van der Waals surface area contributed by atoms with Gasteiger partial charge in [0.1, 0.15) is 0 Å². The highest BCUT2D eigenvalue weighted by Crippen LogP contribution is 2.35. The second-order valence-electron chi connectivity index (χ2n) is 4.58. The number of nitrogens with zero attached hydrogens (tertiary/aromatic N) is 2. The van der Waals surface area contributed by atoms with Crippen LogP contribution in [-0.4, -0.2) is 26.3 Å². The molecule has 128 valence electrons. The monoisotopic (exact) mass is 413 g/mol. The molecule has 0 bridgehead atoms. The van der Waals surface area contributed by atoms with Crippen molar-refractivity contribution in [3.05, 3.63) is 52.8 Å². The average molecular weight is 415 g/mol. The summed E-state index contributed by atoms with van der Waals surface area (Å²) in [4.78, 5) is 11.8. The minimum Gasteiger partial charge on any atom is -1.00 e. The largest absolute Gasteiger partial charge is 1.00 e. The lowest BCUT2D eigenvalue weighted by atomic mass is 10.2. The van der Waals surface area contributed by atoms with Gasteiger partial charge in [-0.2, -0.15) is 9.67 Å². The number of hydrogen-bond donors (Lipinski definition) is 1. The predicted molar refractivity (Wildman–Crippen MR) is 89.6 cm³/mol. The summed E-state index contributed by atoms with van der Waals surface area (Å²) >= 11 is 3.41. The van der Waals surface area contributed by atoms with Gasteiger partial charge in [-0.25, -0.2) is 5.43 Å². The van der Waals surface area contributed by atoms with Crippen molar-refractivity contribution in [2.45, 2.75) is 6.54 Å². The summed E-state index contributed by atoms with van der Waals surface area (Å²) in [6, 6.07) is 9.20. The fourth-order valence-corrected chi connectivity index (χ4v) is 2.55. The highest BCUT2D eigenvalue weighted by molar-refractivity contribution is 9.10. The third kappa shape index (κ3) is 5.50. The Morgan fingerprint density at radius 3 is 2.58 bits per heavy atom. The molecule has 0 unspecified atom stereocenters. The zero-order valence-corrected chi connectivity index (χ0v) is 15.5. The number of aromatic nitrogens is 1. The van der Waals surface area contributed by atoms with Gasteiger partial charge in [-0.05, 0) is 33.6 Å². The highest BCUT2D eigenvalue weighted by atomic mass is 79.9. The molecule has 0 saturated carbocycles. The number of hydrazone groups is 1. The molecule has 1 N–H and O–H groups in total. The molecule has 1 heterocycles. The molecule has 0 fully saturated rings. The lowest BCUT2D eigenvalue weighted by Crippen LogP contribution is -3.00. The van der Waals surface area contributed by atoms with E-state index in [-0.39, 0.29) is 24.9 Å². The molecule has 1 amide bonds. The van der Waals surface area contributed by atoms with E-state index in [0.29, 0.717) is 11.5 Å². The fourth-order valence-electron chi connectivity index (χ4n) is 1.93. The Balaban J connectivity index is 0.00000288. The van der Waals surface area contributed by atoms with E-state index in [1.54, 1.807) is 31.1 Å². The van der Waals surface area contributed by atoms with Crippen LogP contribution in [0.2, 0.25) is 0 Å². The minimum absolute atomic E-state index is 0. The van der Waals surface area contributed by atoms with E-state index in [0.717, 1.165) is 10.0 Å². The Morgan fingerprint density at radius 2 is 1.96 bits per heavy atom. The van der Waals surface area contributed by atoms with E-state index in [2.05, 4.69) is 26.5 Å². The van der Waals surface area contributed by atoms with E-state index in [1.807, 2.05) is 36.7 Å². The summed E-state index contributed by atoms with van der Waals surface area (Å²) in [5, 5.41) is 3.95. The number of methoxy groups -OCH3 is 2.